The number of H-pyrrole nitrogens is 1. The Hall–Kier alpha value is -2.92. The fraction of sp³-hybridized carbons (Fsp3) is 0.105. The zero-order valence-corrected chi connectivity index (χ0v) is 13.4. The van der Waals surface area contributed by atoms with E-state index >= 15 is 0 Å². The minimum atomic E-state index is -0.300. The molecule has 1 aromatic heterocycles. The molecule has 0 bridgehead atoms. The van der Waals surface area contributed by atoms with Crippen molar-refractivity contribution in [2.24, 2.45) is 0 Å². The molecule has 0 atom stereocenters. The van der Waals surface area contributed by atoms with Crippen LogP contribution >= 0.6 is 0 Å². The summed E-state index contributed by atoms with van der Waals surface area (Å²) in [6, 6.07) is 15.8. The summed E-state index contributed by atoms with van der Waals surface area (Å²) in [6.07, 6.45) is 1.76. The van der Waals surface area contributed by atoms with Gasteiger partial charge in [0.1, 0.15) is 11.5 Å². The van der Waals surface area contributed by atoms with E-state index in [0.29, 0.717) is 5.69 Å². The average molecular weight is 324 g/mol. The molecule has 1 heterocycles. The van der Waals surface area contributed by atoms with Gasteiger partial charge < -0.3 is 4.98 Å². The van der Waals surface area contributed by atoms with Crippen molar-refractivity contribution in [3.8, 4) is 22.3 Å². The molecule has 24 heavy (non-hydrogen) atoms. The van der Waals surface area contributed by atoms with Crippen molar-refractivity contribution in [3.63, 3.8) is 0 Å². The number of hydrogen-bond donors (Lipinski definition) is 1. The van der Waals surface area contributed by atoms with E-state index in [1.54, 1.807) is 25.4 Å². The Morgan fingerprint density at radius 1 is 1.04 bits per heavy atom. The van der Waals surface area contributed by atoms with Gasteiger partial charge in [0, 0.05) is 24.4 Å². The minimum Gasteiger partial charge on any atom is -0.356 e. The van der Waals surface area contributed by atoms with Crippen LogP contribution in [0.1, 0.15) is 10.5 Å². The largest absolute Gasteiger partial charge is 0.356 e. The third kappa shape index (κ3) is 2.94. The van der Waals surface area contributed by atoms with E-state index in [4.69, 9.17) is 4.84 Å². The lowest BCUT2D eigenvalue weighted by Gasteiger charge is -2.14. The highest BCUT2D eigenvalue weighted by atomic mass is 19.1. The Kier molecular flexibility index (Phi) is 4.44. The van der Waals surface area contributed by atoms with Gasteiger partial charge in [-0.2, -0.15) is 0 Å². The molecule has 0 aliphatic heterocycles. The second-order valence-electron chi connectivity index (χ2n) is 5.31. The first-order valence-electron chi connectivity index (χ1n) is 7.46. The van der Waals surface area contributed by atoms with E-state index in [-0.39, 0.29) is 11.7 Å². The van der Waals surface area contributed by atoms with Gasteiger partial charge in [-0.3, -0.25) is 9.63 Å². The highest BCUT2D eigenvalue weighted by Gasteiger charge is 2.22. The summed E-state index contributed by atoms with van der Waals surface area (Å²) >= 11 is 0. The van der Waals surface area contributed by atoms with Crippen LogP contribution < -0.4 is 0 Å². The molecule has 0 fully saturated rings. The minimum absolute atomic E-state index is 0.287. The van der Waals surface area contributed by atoms with Crippen molar-refractivity contribution in [1.29, 1.82) is 0 Å². The number of hydrogen-bond acceptors (Lipinski definition) is 2. The van der Waals surface area contributed by atoms with Gasteiger partial charge in [0.05, 0.1) is 7.11 Å². The lowest BCUT2D eigenvalue weighted by Crippen LogP contribution is -2.26. The van der Waals surface area contributed by atoms with Gasteiger partial charge in [0.2, 0.25) is 0 Å². The Bertz CT molecular complexity index is 842. The van der Waals surface area contributed by atoms with E-state index in [0.717, 1.165) is 27.3 Å². The van der Waals surface area contributed by atoms with E-state index in [1.807, 2.05) is 30.3 Å². The van der Waals surface area contributed by atoms with Gasteiger partial charge in [-0.25, -0.2) is 9.45 Å². The smallest absolute Gasteiger partial charge is 0.294 e. The number of aromatic nitrogens is 1. The van der Waals surface area contributed by atoms with Crippen molar-refractivity contribution in [3.05, 3.63) is 72.3 Å². The summed E-state index contributed by atoms with van der Waals surface area (Å²) in [5, 5.41) is 1.16. The predicted octanol–water partition coefficient (Wildman–Crippen LogP) is 4.12. The molecule has 0 saturated heterocycles. The summed E-state index contributed by atoms with van der Waals surface area (Å²) in [5.41, 5.74) is 3.73. The number of halogens is 1. The maximum Gasteiger partial charge on any atom is 0.294 e. The first-order chi connectivity index (χ1) is 11.6. The Labute approximate surface area is 139 Å². The third-order valence-electron chi connectivity index (χ3n) is 3.87. The highest BCUT2D eigenvalue weighted by molar-refractivity contribution is 6.03. The van der Waals surface area contributed by atoms with Crippen LogP contribution in [0.15, 0.2) is 60.8 Å². The predicted molar refractivity (Wildman–Crippen MR) is 90.7 cm³/mol. The molecule has 0 radical (unpaired) electrons. The molecule has 0 unspecified atom stereocenters. The summed E-state index contributed by atoms with van der Waals surface area (Å²) in [7, 11) is 2.99. The molecular weight excluding hydrogens is 307 g/mol. The lowest BCUT2D eigenvalue weighted by molar-refractivity contribution is -0.0759. The summed E-state index contributed by atoms with van der Waals surface area (Å²) in [4.78, 5) is 20.6. The SMILES string of the molecule is CON(C)C(=O)c1[nH]cc(-c2ccc(F)cc2)c1-c1ccccc1. The Balaban J connectivity index is 2.18. The van der Waals surface area contributed by atoms with Crippen molar-refractivity contribution < 1.29 is 14.0 Å². The number of benzene rings is 2. The normalized spacial score (nSPS) is 10.6. The monoisotopic (exact) mass is 324 g/mol. The topological polar surface area (TPSA) is 45.3 Å². The number of amides is 1. The van der Waals surface area contributed by atoms with Crippen LogP contribution in [0, 0.1) is 5.82 Å². The van der Waals surface area contributed by atoms with Gasteiger partial charge in [0.15, 0.2) is 0 Å². The van der Waals surface area contributed by atoms with Crippen molar-refractivity contribution in [1.82, 2.24) is 10.0 Å². The molecule has 2 aromatic carbocycles. The number of carbonyl (C=O) groups excluding carboxylic acids is 1. The standard InChI is InChI=1S/C19H17FN2O2/c1-22(24-2)19(23)18-17(14-6-4-3-5-7-14)16(12-21-18)13-8-10-15(20)11-9-13/h3-12,21H,1-2H3. The maximum absolute atomic E-state index is 13.2. The highest BCUT2D eigenvalue weighted by Crippen LogP contribution is 2.35. The van der Waals surface area contributed by atoms with Gasteiger partial charge in [-0.1, -0.05) is 42.5 Å². The fourth-order valence-corrected chi connectivity index (χ4v) is 2.59. The van der Waals surface area contributed by atoms with Gasteiger partial charge in [-0.05, 0) is 23.3 Å². The molecule has 3 aromatic rings. The van der Waals surface area contributed by atoms with Crippen molar-refractivity contribution >= 4 is 5.91 Å². The number of carbonyl (C=O) groups is 1. The second kappa shape index (κ2) is 6.68. The molecule has 0 aliphatic rings. The molecule has 0 aliphatic carbocycles. The third-order valence-corrected chi connectivity index (χ3v) is 3.87. The number of rotatable bonds is 4. The van der Waals surface area contributed by atoms with Crippen LogP contribution in [-0.2, 0) is 4.84 Å². The molecule has 1 amide bonds. The number of nitrogens with zero attached hydrogens (tertiary/aromatic N) is 1. The average Bonchev–Trinajstić information content (AvgIpc) is 3.06. The number of hydroxylamine groups is 2. The molecular formula is C19H17FN2O2. The molecule has 0 spiro atoms. The molecule has 122 valence electrons. The van der Waals surface area contributed by atoms with E-state index in [1.165, 1.54) is 19.2 Å². The number of nitrogens with one attached hydrogen (secondary N) is 1. The first-order valence-corrected chi connectivity index (χ1v) is 7.46. The summed E-state index contributed by atoms with van der Waals surface area (Å²) in [6.45, 7) is 0. The van der Waals surface area contributed by atoms with Crippen LogP contribution in [0.3, 0.4) is 0 Å². The second-order valence-corrected chi connectivity index (χ2v) is 5.31. The van der Waals surface area contributed by atoms with Crippen molar-refractivity contribution in [2.45, 2.75) is 0 Å². The van der Waals surface area contributed by atoms with Gasteiger partial charge in [0.25, 0.3) is 5.91 Å². The van der Waals surface area contributed by atoms with Crippen LogP contribution in [0.25, 0.3) is 22.3 Å². The quantitative estimate of drug-likeness (QED) is 0.734. The van der Waals surface area contributed by atoms with Crippen LogP contribution in [-0.4, -0.2) is 30.1 Å². The summed E-state index contributed by atoms with van der Waals surface area (Å²) < 4.78 is 13.2. The molecule has 3 rings (SSSR count). The Morgan fingerprint density at radius 2 is 1.71 bits per heavy atom. The first kappa shape index (κ1) is 16.0. The molecule has 1 N–H and O–H groups in total. The molecule has 0 saturated carbocycles. The van der Waals surface area contributed by atoms with Crippen LogP contribution in [0.5, 0.6) is 0 Å². The van der Waals surface area contributed by atoms with Crippen LogP contribution in [0.2, 0.25) is 0 Å². The Morgan fingerprint density at radius 3 is 2.33 bits per heavy atom. The number of aromatic amines is 1. The van der Waals surface area contributed by atoms with E-state index < -0.39 is 0 Å². The zero-order chi connectivity index (χ0) is 17.1. The molecule has 5 heteroatoms. The van der Waals surface area contributed by atoms with Gasteiger partial charge in [-0.15, -0.1) is 0 Å². The van der Waals surface area contributed by atoms with E-state index in [9.17, 15) is 9.18 Å². The van der Waals surface area contributed by atoms with Crippen LogP contribution in [0.4, 0.5) is 4.39 Å². The van der Waals surface area contributed by atoms with E-state index in [2.05, 4.69) is 4.98 Å². The van der Waals surface area contributed by atoms with Gasteiger partial charge >= 0.3 is 0 Å². The fourth-order valence-electron chi connectivity index (χ4n) is 2.59. The van der Waals surface area contributed by atoms with Crippen molar-refractivity contribution in [2.75, 3.05) is 14.2 Å². The molecule has 4 nitrogen and oxygen atoms in total. The lowest BCUT2D eigenvalue weighted by atomic mass is 9.96. The summed E-state index contributed by atoms with van der Waals surface area (Å²) in [5.74, 6) is -0.587. The zero-order valence-electron chi connectivity index (χ0n) is 13.4. The maximum atomic E-state index is 13.2.